The predicted molar refractivity (Wildman–Crippen MR) is 502 cm³/mol. The molecule has 25 aromatic rings. The Labute approximate surface area is 680 Å². The van der Waals surface area contributed by atoms with Gasteiger partial charge in [0.2, 0.25) is 0 Å². The highest BCUT2D eigenvalue weighted by molar-refractivity contribution is 6.33. The van der Waals surface area contributed by atoms with Gasteiger partial charge in [0.05, 0.1) is 44.1 Å². The molecule has 0 saturated heterocycles. The van der Waals surface area contributed by atoms with Crippen molar-refractivity contribution in [2.24, 2.45) is 0 Å². The van der Waals surface area contributed by atoms with Gasteiger partial charge in [-0.05, 0) is 224 Å². The van der Waals surface area contributed by atoms with E-state index in [1.54, 1.807) is 0 Å². The van der Waals surface area contributed by atoms with E-state index in [9.17, 15) is 0 Å². The molecule has 0 N–H and O–H groups in total. The summed E-state index contributed by atoms with van der Waals surface area (Å²) in [5.41, 5.74) is 26.3. The molecule has 0 saturated carbocycles. The molecule has 0 radical (unpaired) electrons. The van der Waals surface area contributed by atoms with Crippen molar-refractivity contribution in [1.82, 2.24) is 18.3 Å². The van der Waals surface area contributed by atoms with Crippen molar-refractivity contribution >= 4 is 152 Å². The first-order valence-corrected chi connectivity index (χ1v) is 40.8. The molecule has 0 bridgehead atoms. The molecular weight excluding hydrogens is 1430 g/mol. The van der Waals surface area contributed by atoms with E-state index in [-0.39, 0.29) is 0 Å². The van der Waals surface area contributed by atoms with E-state index in [4.69, 9.17) is 0 Å². The van der Waals surface area contributed by atoms with E-state index in [0.29, 0.717) is 0 Å². The average Bonchev–Trinajstić information content (AvgIpc) is 1.47. The topological polar surface area (TPSA) is 19.7 Å². The van der Waals surface area contributed by atoms with Gasteiger partial charge < -0.3 is 18.3 Å². The third-order valence-corrected chi connectivity index (χ3v) is 24.9. The summed E-state index contributed by atoms with van der Waals surface area (Å²) in [6, 6.07) is 161. The summed E-state index contributed by atoms with van der Waals surface area (Å²) >= 11 is 0. The highest BCUT2D eigenvalue weighted by Gasteiger charge is 2.27. The predicted octanol–water partition coefficient (Wildman–Crippen LogP) is 31.0. The first-order chi connectivity index (χ1) is 58.6. The maximum Gasteiger partial charge on any atom is 0.0641 e. The normalized spacial score (nSPS) is 11.9. The SMILES string of the molecule is c1ccc(-c2cc(-c3cccc4c5c(ccc6c7ccccc7n(-c7ccccc7)c65)n(-c5ccccc5)c34)cc3c4ccccc4c4ccccc4c23)cc1.c1ccc(-c2cc(-c3ccccc3-c3cccc4c3c3cc5c(cc3n4-c3ccccc3)c3ccccc3n5-c3ccccc3)cc3c4ccccc4c4ccccc4c23)cc1. The van der Waals surface area contributed by atoms with Crippen LogP contribution < -0.4 is 0 Å². The number of fused-ring (bicyclic) bond motifs is 25. The largest absolute Gasteiger partial charge is 0.309 e. The maximum absolute atomic E-state index is 2.50. The molecule has 118 heavy (non-hydrogen) atoms. The smallest absolute Gasteiger partial charge is 0.0641 e. The monoisotopic (exact) mass is 1500 g/mol. The van der Waals surface area contributed by atoms with Crippen LogP contribution in [0.15, 0.2) is 437 Å². The van der Waals surface area contributed by atoms with Gasteiger partial charge in [-0.25, -0.2) is 0 Å². The summed E-state index contributed by atoms with van der Waals surface area (Å²) in [5.74, 6) is 0. The number of rotatable bonds is 9. The number of hydrogen-bond acceptors (Lipinski definition) is 0. The fourth-order valence-electron chi connectivity index (χ4n) is 20.0. The van der Waals surface area contributed by atoms with Crippen LogP contribution in [-0.2, 0) is 0 Å². The van der Waals surface area contributed by atoms with E-state index in [0.717, 1.165) is 22.7 Å². The van der Waals surface area contributed by atoms with Crippen molar-refractivity contribution in [2.45, 2.75) is 0 Å². The zero-order chi connectivity index (χ0) is 77.5. The highest BCUT2D eigenvalue weighted by atomic mass is 15.0. The fourth-order valence-corrected chi connectivity index (χ4v) is 20.0. The number of nitrogens with zero attached hydrogens (tertiary/aromatic N) is 4. The van der Waals surface area contributed by atoms with E-state index in [1.165, 1.54) is 207 Å². The quantitative estimate of drug-likeness (QED) is 0.128. The summed E-state index contributed by atoms with van der Waals surface area (Å²) in [7, 11) is 0. The molecule has 0 fully saturated rings. The van der Waals surface area contributed by atoms with E-state index < -0.39 is 0 Å². The minimum atomic E-state index is 1.14. The molecular formula is C114H72N4. The second-order valence-corrected chi connectivity index (χ2v) is 31.2. The molecule has 0 aliphatic rings. The Morgan fingerprint density at radius 2 is 0.449 bits per heavy atom. The van der Waals surface area contributed by atoms with E-state index in [1.807, 2.05) is 0 Å². The maximum atomic E-state index is 2.50. The minimum Gasteiger partial charge on any atom is -0.309 e. The standard InChI is InChI=1S/C60H38N2.C54H34N2/c1-4-19-39(20-5-1)51-35-40(36-53-47-29-13-12-27-45(47)46-28-14-15-31-49(46)59(51)53)43-25-10-11-26-44(43)50-32-18-34-56-60(50)54-38-57-52(37-58(54)62(56)42-23-8-3-9-24-42)48-30-16-17-33-55(48)61(57)41-21-6-2-7-22-41;1-4-17-35(18-5-1)47-33-36(34-48-42-25-11-10-23-40(42)41-24-12-13-27-44(41)51(47)48)39-28-16-29-46-52-50(56(53(39)46)38-21-8-3-9-22-38)32-31-45-43-26-14-15-30-49(43)55(54(45)52)37-19-6-2-7-20-37/h1-38H;1-34H. The van der Waals surface area contributed by atoms with Gasteiger partial charge in [0.15, 0.2) is 0 Å². The van der Waals surface area contributed by atoms with Crippen molar-refractivity contribution in [2.75, 3.05) is 0 Å². The molecule has 0 aliphatic heterocycles. The second-order valence-electron chi connectivity index (χ2n) is 31.2. The van der Waals surface area contributed by atoms with Gasteiger partial charge in [0.1, 0.15) is 0 Å². The molecule has 0 atom stereocenters. The first-order valence-electron chi connectivity index (χ1n) is 40.8. The molecule has 0 spiro atoms. The van der Waals surface area contributed by atoms with Crippen molar-refractivity contribution in [1.29, 1.82) is 0 Å². The molecule has 4 heteroatoms. The van der Waals surface area contributed by atoms with Crippen LogP contribution >= 0.6 is 0 Å². The lowest BCUT2D eigenvalue weighted by atomic mass is 9.85. The molecule has 25 rings (SSSR count). The van der Waals surface area contributed by atoms with E-state index >= 15 is 0 Å². The molecule has 0 amide bonds. The third kappa shape index (κ3) is 10.3. The minimum absolute atomic E-state index is 1.14. The molecule has 4 heterocycles. The van der Waals surface area contributed by atoms with Gasteiger partial charge >= 0.3 is 0 Å². The van der Waals surface area contributed by atoms with Crippen LogP contribution in [0, 0.1) is 0 Å². The zero-order valence-corrected chi connectivity index (χ0v) is 64.4. The fraction of sp³-hybridized carbons (Fsp3) is 0. The summed E-state index contributed by atoms with van der Waals surface area (Å²) in [4.78, 5) is 0. The Bertz CT molecular complexity index is 8380. The van der Waals surface area contributed by atoms with Crippen molar-refractivity contribution in [3.8, 4) is 78.4 Å². The van der Waals surface area contributed by atoms with Crippen LogP contribution in [-0.4, -0.2) is 18.3 Å². The van der Waals surface area contributed by atoms with Gasteiger partial charge in [-0.1, -0.05) is 328 Å². The molecule has 21 aromatic carbocycles. The summed E-state index contributed by atoms with van der Waals surface area (Å²) in [6.45, 7) is 0. The molecule has 548 valence electrons. The Morgan fingerprint density at radius 3 is 0.975 bits per heavy atom. The molecule has 0 unspecified atom stereocenters. The number of hydrogen-bond donors (Lipinski definition) is 0. The third-order valence-electron chi connectivity index (χ3n) is 24.9. The van der Waals surface area contributed by atoms with Crippen LogP contribution in [0.25, 0.3) is 230 Å². The van der Waals surface area contributed by atoms with Crippen molar-refractivity contribution in [3.05, 3.63) is 437 Å². The van der Waals surface area contributed by atoms with Crippen molar-refractivity contribution < 1.29 is 0 Å². The second kappa shape index (κ2) is 27.0. The number of benzene rings is 21. The Balaban J connectivity index is 0.000000135. The summed E-state index contributed by atoms with van der Waals surface area (Å²) in [5, 5.41) is 25.3. The van der Waals surface area contributed by atoms with Gasteiger partial charge in [0, 0.05) is 71.4 Å². The Kier molecular flexibility index (Phi) is 15.3. The Morgan fingerprint density at radius 1 is 0.119 bits per heavy atom. The van der Waals surface area contributed by atoms with Crippen LogP contribution in [0.4, 0.5) is 0 Å². The summed E-state index contributed by atoms with van der Waals surface area (Å²) in [6.07, 6.45) is 0. The first kappa shape index (κ1) is 66.9. The number of aromatic nitrogens is 4. The lowest BCUT2D eigenvalue weighted by molar-refractivity contribution is 1.17. The van der Waals surface area contributed by atoms with Crippen LogP contribution in [0.1, 0.15) is 0 Å². The van der Waals surface area contributed by atoms with Crippen molar-refractivity contribution in [3.63, 3.8) is 0 Å². The van der Waals surface area contributed by atoms with Gasteiger partial charge in [-0.3, -0.25) is 0 Å². The van der Waals surface area contributed by atoms with Gasteiger partial charge in [0.25, 0.3) is 0 Å². The van der Waals surface area contributed by atoms with E-state index in [2.05, 4.69) is 455 Å². The zero-order valence-electron chi connectivity index (χ0n) is 64.4. The van der Waals surface area contributed by atoms with Crippen LogP contribution in [0.3, 0.4) is 0 Å². The average molecular weight is 1500 g/mol. The van der Waals surface area contributed by atoms with Gasteiger partial charge in [-0.2, -0.15) is 0 Å². The number of para-hydroxylation sites is 7. The molecule has 0 aliphatic carbocycles. The van der Waals surface area contributed by atoms with Crippen LogP contribution in [0.2, 0.25) is 0 Å². The molecule has 4 aromatic heterocycles. The van der Waals surface area contributed by atoms with Crippen LogP contribution in [0.5, 0.6) is 0 Å². The summed E-state index contributed by atoms with van der Waals surface area (Å²) < 4.78 is 9.86. The molecule has 4 nitrogen and oxygen atoms in total. The highest BCUT2D eigenvalue weighted by Crippen LogP contribution is 2.51. The Hall–Kier alpha value is -15.6. The lowest BCUT2D eigenvalue weighted by Crippen LogP contribution is -1.96. The van der Waals surface area contributed by atoms with Gasteiger partial charge in [-0.15, -0.1) is 0 Å². The lowest BCUT2D eigenvalue weighted by Gasteiger charge is -2.18.